The molecule has 2 bridgehead atoms. The van der Waals surface area contributed by atoms with Crippen LogP contribution in [-0.4, -0.2) is 11.2 Å². The fraction of sp³-hybridized carbons (Fsp3) is 1.00. The summed E-state index contributed by atoms with van der Waals surface area (Å²) in [6.07, 6.45) is 3.76. The van der Waals surface area contributed by atoms with Gasteiger partial charge in [-0.15, -0.1) is 0 Å². The van der Waals surface area contributed by atoms with E-state index >= 15 is 0 Å². The van der Waals surface area contributed by atoms with E-state index in [1.165, 1.54) is 19.3 Å². The van der Waals surface area contributed by atoms with Gasteiger partial charge < -0.3 is 5.11 Å². The highest BCUT2D eigenvalue weighted by Gasteiger charge is 2.58. The first-order chi connectivity index (χ1) is 4.97. The number of aliphatic hydroxyl groups excluding tert-OH is 1. The van der Waals surface area contributed by atoms with E-state index in [-0.39, 0.29) is 16.9 Å². The average Bonchev–Trinajstić information content (AvgIpc) is 2.36. The van der Waals surface area contributed by atoms with Crippen LogP contribution in [0.4, 0.5) is 0 Å². The van der Waals surface area contributed by atoms with E-state index in [0.717, 1.165) is 5.92 Å². The second-order valence-electron chi connectivity index (χ2n) is 5.32. The summed E-state index contributed by atoms with van der Waals surface area (Å²) in [6.45, 7) is 6.67. The van der Waals surface area contributed by atoms with Gasteiger partial charge in [-0.3, -0.25) is 0 Å². The van der Waals surface area contributed by atoms with Gasteiger partial charge in [-0.1, -0.05) is 20.8 Å². The summed E-state index contributed by atoms with van der Waals surface area (Å²) in [5.41, 5.74) is 0.446. The SMILES string of the molecule is CC1(C)[C@@H]2CC[C@@](C)(C2)[C@@H]1O. The Morgan fingerprint density at radius 1 is 1.27 bits per heavy atom. The molecule has 3 atom stereocenters. The lowest BCUT2D eigenvalue weighted by molar-refractivity contribution is -0.0340. The van der Waals surface area contributed by atoms with Crippen molar-refractivity contribution in [3.63, 3.8) is 0 Å². The molecule has 2 rings (SSSR count). The summed E-state index contributed by atoms with van der Waals surface area (Å²) in [5, 5.41) is 10.0. The molecule has 1 N–H and O–H groups in total. The molecule has 0 spiro atoms. The Labute approximate surface area is 68.8 Å². The van der Waals surface area contributed by atoms with E-state index in [1.54, 1.807) is 0 Å². The standard InChI is InChI=1S/C10H18O/c1-9(2)7-4-5-10(3,6-7)8(9)11/h7-8,11H,4-6H2,1-3H3/t7-,8-,10+/m1/s1. The molecule has 0 aromatic carbocycles. The summed E-state index contributed by atoms with van der Waals surface area (Å²) in [5.74, 6) is 0.780. The molecule has 0 heterocycles. The number of hydrogen-bond acceptors (Lipinski definition) is 1. The molecule has 0 saturated heterocycles. The van der Waals surface area contributed by atoms with Gasteiger partial charge in [0.05, 0.1) is 6.10 Å². The van der Waals surface area contributed by atoms with Gasteiger partial charge in [0.2, 0.25) is 0 Å². The van der Waals surface area contributed by atoms with Gasteiger partial charge in [0.1, 0.15) is 0 Å². The van der Waals surface area contributed by atoms with Crippen LogP contribution >= 0.6 is 0 Å². The van der Waals surface area contributed by atoms with E-state index in [9.17, 15) is 5.11 Å². The predicted octanol–water partition coefficient (Wildman–Crippen LogP) is 2.19. The normalized spacial score (nSPS) is 53.5. The molecular formula is C10H18O. The van der Waals surface area contributed by atoms with Crippen LogP contribution in [0.5, 0.6) is 0 Å². The number of fused-ring (bicyclic) bond motifs is 2. The minimum absolute atomic E-state index is 0.0613. The van der Waals surface area contributed by atoms with Crippen LogP contribution in [0.3, 0.4) is 0 Å². The Kier molecular flexibility index (Phi) is 1.26. The van der Waals surface area contributed by atoms with E-state index in [0.29, 0.717) is 0 Å². The van der Waals surface area contributed by atoms with Gasteiger partial charge in [-0.25, -0.2) is 0 Å². The summed E-state index contributed by atoms with van der Waals surface area (Å²) in [7, 11) is 0. The summed E-state index contributed by atoms with van der Waals surface area (Å²) in [4.78, 5) is 0. The van der Waals surface area contributed by atoms with Crippen molar-refractivity contribution in [2.75, 3.05) is 0 Å². The van der Waals surface area contributed by atoms with E-state index in [4.69, 9.17) is 0 Å². The molecule has 1 nitrogen and oxygen atoms in total. The number of rotatable bonds is 0. The van der Waals surface area contributed by atoms with Crippen LogP contribution in [-0.2, 0) is 0 Å². The van der Waals surface area contributed by atoms with Gasteiger partial charge >= 0.3 is 0 Å². The highest BCUT2D eigenvalue weighted by Crippen LogP contribution is 2.62. The summed E-state index contributed by atoms with van der Waals surface area (Å²) in [6, 6.07) is 0. The van der Waals surface area contributed by atoms with Crippen molar-refractivity contribution >= 4 is 0 Å². The fourth-order valence-electron chi connectivity index (χ4n) is 3.28. The van der Waals surface area contributed by atoms with E-state index < -0.39 is 0 Å². The maximum atomic E-state index is 10.0. The van der Waals surface area contributed by atoms with Crippen LogP contribution in [0, 0.1) is 16.7 Å². The maximum absolute atomic E-state index is 10.0. The third-order valence-corrected chi connectivity index (χ3v) is 4.19. The van der Waals surface area contributed by atoms with Crippen molar-refractivity contribution in [1.29, 1.82) is 0 Å². The Hall–Kier alpha value is -0.0400. The van der Waals surface area contributed by atoms with Crippen LogP contribution in [0.2, 0.25) is 0 Å². The molecule has 64 valence electrons. The molecule has 0 radical (unpaired) electrons. The highest BCUT2D eigenvalue weighted by atomic mass is 16.3. The zero-order valence-electron chi connectivity index (χ0n) is 7.72. The van der Waals surface area contributed by atoms with Crippen molar-refractivity contribution < 1.29 is 5.11 Å². The lowest BCUT2D eigenvalue weighted by Crippen LogP contribution is -2.39. The Balaban J connectivity index is 2.34. The van der Waals surface area contributed by atoms with Crippen LogP contribution in [0.1, 0.15) is 40.0 Å². The summed E-state index contributed by atoms with van der Waals surface area (Å²) < 4.78 is 0. The largest absolute Gasteiger partial charge is 0.392 e. The summed E-state index contributed by atoms with van der Waals surface area (Å²) >= 11 is 0. The van der Waals surface area contributed by atoms with Crippen molar-refractivity contribution in [1.82, 2.24) is 0 Å². The zero-order valence-corrected chi connectivity index (χ0v) is 7.72. The predicted molar refractivity (Wildman–Crippen MR) is 45.2 cm³/mol. The monoisotopic (exact) mass is 154 g/mol. The third kappa shape index (κ3) is 0.752. The zero-order chi connectivity index (χ0) is 8.28. The van der Waals surface area contributed by atoms with Gasteiger partial charge in [0, 0.05) is 0 Å². The topological polar surface area (TPSA) is 20.2 Å². The first-order valence-electron chi connectivity index (χ1n) is 4.65. The Morgan fingerprint density at radius 2 is 1.91 bits per heavy atom. The molecule has 0 aromatic rings. The van der Waals surface area contributed by atoms with Crippen molar-refractivity contribution in [2.45, 2.75) is 46.1 Å². The lowest BCUT2D eigenvalue weighted by atomic mass is 9.70. The van der Waals surface area contributed by atoms with E-state index in [2.05, 4.69) is 20.8 Å². The molecule has 11 heavy (non-hydrogen) atoms. The smallest absolute Gasteiger partial charge is 0.0647 e. The quantitative estimate of drug-likeness (QED) is 0.567. The Morgan fingerprint density at radius 3 is 2.18 bits per heavy atom. The molecule has 2 fully saturated rings. The van der Waals surface area contributed by atoms with Crippen molar-refractivity contribution in [3.05, 3.63) is 0 Å². The van der Waals surface area contributed by atoms with Gasteiger partial charge in [-0.05, 0) is 36.0 Å². The maximum Gasteiger partial charge on any atom is 0.0647 e. The first-order valence-corrected chi connectivity index (χ1v) is 4.65. The third-order valence-electron chi connectivity index (χ3n) is 4.19. The molecule has 0 unspecified atom stereocenters. The molecule has 2 aliphatic rings. The van der Waals surface area contributed by atoms with E-state index in [1.807, 2.05) is 0 Å². The minimum atomic E-state index is -0.0613. The molecule has 1 heteroatoms. The van der Waals surface area contributed by atoms with Crippen molar-refractivity contribution in [2.24, 2.45) is 16.7 Å². The second-order valence-corrected chi connectivity index (χ2v) is 5.32. The molecule has 2 saturated carbocycles. The van der Waals surface area contributed by atoms with Gasteiger partial charge in [0.15, 0.2) is 0 Å². The number of aliphatic hydroxyl groups is 1. The van der Waals surface area contributed by atoms with Crippen LogP contribution < -0.4 is 0 Å². The minimum Gasteiger partial charge on any atom is -0.392 e. The van der Waals surface area contributed by atoms with Crippen LogP contribution in [0.15, 0.2) is 0 Å². The second kappa shape index (κ2) is 1.82. The molecule has 0 aromatic heterocycles. The molecule has 2 aliphatic carbocycles. The lowest BCUT2D eigenvalue weighted by Gasteiger charge is -2.38. The highest BCUT2D eigenvalue weighted by molar-refractivity contribution is 5.08. The Bertz CT molecular complexity index is 181. The van der Waals surface area contributed by atoms with Gasteiger partial charge in [0.25, 0.3) is 0 Å². The van der Waals surface area contributed by atoms with Crippen molar-refractivity contribution in [3.8, 4) is 0 Å². The molecule has 0 amide bonds. The molecule has 0 aliphatic heterocycles. The van der Waals surface area contributed by atoms with Crippen LogP contribution in [0.25, 0.3) is 0 Å². The first kappa shape index (κ1) is 7.60. The average molecular weight is 154 g/mol. The number of hydrogen-bond donors (Lipinski definition) is 1. The fourth-order valence-corrected chi connectivity index (χ4v) is 3.28. The van der Waals surface area contributed by atoms with Gasteiger partial charge in [-0.2, -0.15) is 0 Å². The molecular weight excluding hydrogens is 136 g/mol.